The van der Waals surface area contributed by atoms with Crippen LogP contribution in [0.15, 0.2) is 0 Å². The highest BCUT2D eigenvalue weighted by Gasteiger charge is 2.47. The summed E-state index contributed by atoms with van der Waals surface area (Å²) < 4.78 is 10.9. The molecule has 8 atom stereocenters. The van der Waals surface area contributed by atoms with Crippen molar-refractivity contribution in [2.24, 2.45) is 11.7 Å². The Bertz CT molecular complexity index is 852. The lowest BCUT2D eigenvalue weighted by atomic mass is 9.84. The first-order valence-electron chi connectivity index (χ1n) is 12.1. The van der Waals surface area contributed by atoms with E-state index in [1.54, 1.807) is 0 Å². The minimum atomic E-state index is -1.63. The maximum atomic E-state index is 12.7. The van der Waals surface area contributed by atoms with E-state index in [0.29, 0.717) is 12.8 Å². The first-order valence-corrected chi connectivity index (χ1v) is 12.1. The molecule has 9 N–H and O–H groups in total. The van der Waals surface area contributed by atoms with E-state index in [2.05, 4.69) is 16.0 Å². The fourth-order valence-electron chi connectivity index (χ4n) is 3.90. The van der Waals surface area contributed by atoms with Gasteiger partial charge in [0, 0.05) is 12.3 Å². The lowest BCUT2D eigenvalue weighted by Gasteiger charge is -2.44. The van der Waals surface area contributed by atoms with Crippen LogP contribution >= 0.6 is 0 Å². The van der Waals surface area contributed by atoms with E-state index in [1.165, 1.54) is 13.8 Å². The number of nitrogens with two attached hydrogens (primary N) is 1. The van der Waals surface area contributed by atoms with Crippen molar-refractivity contribution in [1.82, 2.24) is 16.0 Å². The van der Waals surface area contributed by atoms with Crippen LogP contribution in [-0.2, 0) is 33.4 Å². The van der Waals surface area contributed by atoms with Crippen molar-refractivity contribution in [1.29, 1.82) is 0 Å². The molecule has 0 bridgehead atoms. The van der Waals surface area contributed by atoms with Crippen molar-refractivity contribution < 1.29 is 53.9 Å². The molecule has 1 saturated carbocycles. The number of primary amides is 1. The first-order chi connectivity index (χ1) is 17.3. The average molecular weight is 533 g/mol. The molecule has 0 aromatic rings. The molecule has 4 unspecified atom stereocenters. The van der Waals surface area contributed by atoms with E-state index in [0.717, 1.165) is 6.42 Å². The third kappa shape index (κ3) is 8.33. The zero-order chi connectivity index (χ0) is 27.9. The number of rotatable bonds is 13. The number of ether oxygens (including phenoxy) is 2. The third-order valence-corrected chi connectivity index (χ3v) is 6.45. The summed E-state index contributed by atoms with van der Waals surface area (Å²) in [5, 5.41) is 46.5. The van der Waals surface area contributed by atoms with Crippen LogP contribution in [0.5, 0.6) is 0 Å². The van der Waals surface area contributed by atoms with Gasteiger partial charge in [0.1, 0.15) is 42.5 Å². The van der Waals surface area contributed by atoms with Crippen molar-refractivity contribution >= 4 is 29.6 Å². The number of hydrogen-bond donors (Lipinski definition) is 8. The van der Waals surface area contributed by atoms with Crippen molar-refractivity contribution in [3.05, 3.63) is 0 Å². The molecule has 1 aliphatic carbocycles. The van der Waals surface area contributed by atoms with Crippen LogP contribution in [0.25, 0.3) is 0 Å². The quantitative estimate of drug-likeness (QED) is 0.115. The van der Waals surface area contributed by atoms with Gasteiger partial charge >= 0.3 is 5.97 Å². The number of carboxylic acid groups (broad SMARTS) is 1. The Morgan fingerprint density at radius 3 is 2.24 bits per heavy atom. The van der Waals surface area contributed by atoms with E-state index in [-0.39, 0.29) is 18.2 Å². The van der Waals surface area contributed by atoms with Crippen LogP contribution in [0.2, 0.25) is 0 Å². The van der Waals surface area contributed by atoms with E-state index in [4.69, 9.17) is 20.3 Å². The van der Waals surface area contributed by atoms with Gasteiger partial charge in [-0.2, -0.15) is 0 Å². The van der Waals surface area contributed by atoms with Crippen molar-refractivity contribution in [3.63, 3.8) is 0 Å². The zero-order valence-corrected chi connectivity index (χ0v) is 20.7. The zero-order valence-electron chi connectivity index (χ0n) is 20.7. The third-order valence-electron chi connectivity index (χ3n) is 6.45. The fourth-order valence-corrected chi connectivity index (χ4v) is 3.90. The second-order valence-electron chi connectivity index (χ2n) is 9.27. The smallest absolute Gasteiger partial charge is 0.303 e. The number of carbonyl (C=O) groups is 5. The summed E-state index contributed by atoms with van der Waals surface area (Å²) in [6.07, 6.45) is -5.44. The summed E-state index contributed by atoms with van der Waals surface area (Å²) in [4.78, 5) is 59.8. The fraction of sp³-hybridized carbons (Fsp3) is 0.773. The van der Waals surface area contributed by atoms with Crippen molar-refractivity contribution in [3.8, 4) is 0 Å². The van der Waals surface area contributed by atoms with Gasteiger partial charge < -0.3 is 51.6 Å². The Morgan fingerprint density at radius 2 is 1.73 bits per heavy atom. The molecular weight excluding hydrogens is 496 g/mol. The highest BCUT2D eigenvalue weighted by atomic mass is 16.6. The molecule has 2 aliphatic rings. The number of nitrogens with one attached hydrogen (secondary N) is 3. The standard InChI is InChI=1S/C22H36N4O11/c1-9(19(32)25-12(18(23)31)6-7-14(28)29)24-20(33)10(2)36-17-15(26-21(34)11-4-3-5-11)22(35)37-13(8-27)16(17)30/h9-13,15-17,22,27,30,35H,3-8H2,1-2H3,(H2,23,31)(H,24,33)(H,25,32)(H,26,34)(H,28,29)/t9?,10?,12?,13-,15-,16-,17-,22?/m1/s1. The van der Waals surface area contributed by atoms with Crippen molar-refractivity contribution in [2.45, 2.75) is 94.8 Å². The van der Waals surface area contributed by atoms with Gasteiger partial charge in [0.2, 0.25) is 23.6 Å². The van der Waals surface area contributed by atoms with Gasteiger partial charge in [0.25, 0.3) is 0 Å². The van der Waals surface area contributed by atoms with Gasteiger partial charge in [-0.15, -0.1) is 0 Å². The SMILES string of the molecule is CC(NC(=O)C(C)O[C@H]1[C@H](O)[C@@H](CO)OC(O)[C@@H]1NC(=O)C1CCC1)C(=O)NC(CCC(=O)O)C(N)=O. The van der Waals surface area contributed by atoms with Gasteiger partial charge in [-0.1, -0.05) is 6.42 Å². The van der Waals surface area contributed by atoms with Crippen LogP contribution < -0.4 is 21.7 Å². The van der Waals surface area contributed by atoms with Gasteiger partial charge in [-0.3, -0.25) is 24.0 Å². The monoisotopic (exact) mass is 532 g/mol. The molecule has 0 spiro atoms. The first kappa shape index (κ1) is 30.4. The van der Waals surface area contributed by atoms with Crippen LogP contribution in [0, 0.1) is 5.92 Å². The van der Waals surface area contributed by atoms with Crippen LogP contribution in [-0.4, -0.2) is 105 Å². The number of aliphatic hydroxyl groups excluding tert-OH is 3. The summed E-state index contributed by atoms with van der Waals surface area (Å²) >= 11 is 0. The molecular formula is C22H36N4O11. The molecule has 0 radical (unpaired) electrons. The average Bonchev–Trinajstić information content (AvgIpc) is 2.78. The van der Waals surface area contributed by atoms with Gasteiger partial charge in [-0.05, 0) is 33.1 Å². The molecule has 1 saturated heterocycles. The molecule has 37 heavy (non-hydrogen) atoms. The summed E-state index contributed by atoms with van der Waals surface area (Å²) in [5.74, 6) is -4.34. The summed E-state index contributed by atoms with van der Waals surface area (Å²) in [6.45, 7) is 1.96. The lowest BCUT2D eigenvalue weighted by Crippen LogP contribution is -2.66. The van der Waals surface area contributed by atoms with Gasteiger partial charge in [0.15, 0.2) is 6.29 Å². The summed E-state index contributed by atoms with van der Waals surface area (Å²) in [5.41, 5.74) is 5.19. The minimum Gasteiger partial charge on any atom is -0.481 e. The molecule has 4 amide bonds. The van der Waals surface area contributed by atoms with Crippen LogP contribution in [0.3, 0.4) is 0 Å². The second-order valence-corrected chi connectivity index (χ2v) is 9.27. The molecule has 0 aromatic heterocycles. The molecule has 0 aromatic carbocycles. The normalized spacial score (nSPS) is 28.2. The lowest BCUT2D eigenvalue weighted by molar-refractivity contribution is -0.266. The van der Waals surface area contributed by atoms with Gasteiger partial charge in [-0.25, -0.2) is 0 Å². The molecule has 15 heteroatoms. The Labute approximate surface area is 213 Å². The van der Waals surface area contributed by atoms with E-state index < -0.39 is 85.5 Å². The van der Waals surface area contributed by atoms with E-state index in [1.807, 2.05) is 0 Å². The predicted octanol–water partition coefficient (Wildman–Crippen LogP) is -3.54. The molecule has 210 valence electrons. The Morgan fingerprint density at radius 1 is 1.08 bits per heavy atom. The second kappa shape index (κ2) is 13.6. The Balaban J connectivity index is 2.01. The highest BCUT2D eigenvalue weighted by Crippen LogP contribution is 2.28. The molecule has 2 rings (SSSR count). The molecule has 2 fully saturated rings. The van der Waals surface area contributed by atoms with Crippen LogP contribution in [0.1, 0.15) is 46.0 Å². The number of carboxylic acids is 1. The summed E-state index contributed by atoms with van der Waals surface area (Å²) in [7, 11) is 0. The van der Waals surface area contributed by atoms with Crippen LogP contribution in [0.4, 0.5) is 0 Å². The molecule has 15 nitrogen and oxygen atoms in total. The molecule has 1 heterocycles. The highest BCUT2D eigenvalue weighted by molar-refractivity contribution is 5.92. The number of aliphatic carboxylic acids is 1. The Hall–Kier alpha value is -2.85. The number of carbonyl (C=O) groups excluding carboxylic acids is 4. The predicted molar refractivity (Wildman–Crippen MR) is 123 cm³/mol. The largest absolute Gasteiger partial charge is 0.481 e. The Kier molecular flexibility index (Phi) is 11.2. The van der Waals surface area contributed by atoms with Crippen molar-refractivity contribution in [2.75, 3.05) is 6.61 Å². The number of hydrogen-bond acceptors (Lipinski definition) is 10. The summed E-state index contributed by atoms with van der Waals surface area (Å²) in [6, 6.07) is -3.69. The molecule has 1 aliphatic heterocycles. The number of amides is 4. The maximum absolute atomic E-state index is 12.7. The topological polar surface area (TPSA) is 247 Å². The minimum absolute atomic E-state index is 0.236. The number of aliphatic hydroxyl groups is 3. The van der Waals surface area contributed by atoms with E-state index >= 15 is 0 Å². The van der Waals surface area contributed by atoms with E-state index in [9.17, 15) is 39.3 Å². The van der Waals surface area contributed by atoms with Gasteiger partial charge in [0.05, 0.1) is 6.61 Å². The maximum Gasteiger partial charge on any atom is 0.303 e.